The van der Waals surface area contributed by atoms with Crippen molar-refractivity contribution in [1.29, 1.82) is 0 Å². The first-order chi connectivity index (χ1) is 12.2. The fourth-order valence-electron chi connectivity index (χ4n) is 3.11. The van der Waals surface area contributed by atoms with E-state index in [-0.39, 0.29) is 18.5 Å². The van der Waals surface area contributed by atoms with Crippen molar-refractivity contribution in [3.63, 3.8) is 0 Å². The van der Waals surface area contributed by atoms with Crippen LogP contribution in [0, 0.1) is 0 Å². The van der Waals surface area contributed by atoms with Gasteiger partial charge in [-0.25, -0.2) is 9.59 Å². The Bertz CT molecular complexity index is 652. The summed E-state index contributed by atoms with van der Waals surface area (Å²) < 4.78 is 5.10. The van der Waals surface area contributed by atoms with Crippen LogP contribution in [0.5, 0.6) is 0 Å². The number of ether oxygens (including phenoxy) is 1. The van der Waals surface area contributed by atoms with Crippen LogP contribution in [0.1, 0.15) is 6.92 Å². The number of nitrogens with zero attached hydrogens (tertiary/aromatic N) is 2. The van der Waals surface area contributed by atoms with E-state index in [1.807, 2.05) is 18.2 Å². The first-order valence-corrected chi connectivity index (χ1v) is 8.63. The van der Waals surface area contributed by atoms with E-state index in [9.17, 15) is 9.59 Å². The number of anilines is 1. The third kappa shape index (κ3) is 4.30. The van der Waals surface area contributed by atoms with E-state index >= 15 is 0 Å². The second kappa shape index (κ2) is 8.02. The van der Waals surface area contributed by atoms with Crippen LogP contribution in [-0.4, -0.2) is 62.8 Å². The molecule has 1 fully saturated rings. The molecule has 2 aliphatic heterocycles. The average Bonchev–Trinajstić information content (AvgIpc) is 2.63. The topological polar surface area (TPSA) is 73.9 Å². The minimum atomic E-state index is -0.368. The number of benzene rings is 1. The maximum atomic E-state index is 12.1. The number of amides is 2. The van der Waals surface area contributed by atoms with Crippen LogP contribution >= 0.6 is 0 Å². The predicted molar refractivity (Wildman–Crippen MR) is 95.3 cm³/mol. The van der Waals surface area contributed by atoms with Crippen molar-refractivity contribution in [3.05, 3.63) is 41.6 Å². The Morgan fingerprint density at radius 1 is 1.16 bits per heavy atom. The number of para-hydroxylation sites is 1. The number of esters is 1. The van der Waals surface area contributed by atoms with E-state index in [4.69, 9.17) is 4.74 Å². The highest BCUT2D eigenvalue weighted by Crippen LogP contribution is 2.17. The summed E-state index contributed by atoms with van der Waals surface area (Å²) >= 11 is 0. The SMILES string of the molecule is CCOC(=O)C1=C(CN2CCN(c3ccccc3)CC2)NC(=O)NC1. The van der Waals surface area contributed by atoms with E-state index in [1.165, 1.54) is 5.69 Å². The van der Waals surface area contributed by atoms with Gasteiger partial charge < -0.3 is 20.3 Å². The standard InChI is InChI=1S/C18H24N4O3/c1-2-25-17(23)15-12-19-18(24)20-16(15)13-21-8-10-22(11-9-21)14-6-4-3-5-7-14/h3-7H,2,8-13H2,1H3,(H2,19,20,24). The zero-order chi connectivity index (χ0) is 17.6. The molecule has 0 unspecified atom stereocenters. The lowest BCUT2D eigenvalue weighted by Crippen LogP contribution is -2.51. The number of nitrogens with one attached hydrogen (secondary N) is 2. The predicted octanol–water partition coefficient (Wildman–Crippen LogP) is 0.939. The summed E-state index contributed by atoms with van der Waals surface area (Å²) in [4.78, 5) is 28.3. The van der Waals surface area contributed by atoms with E-state index < -0.39 is 0 Å². The summed E-state index contributed by atoms with van der Waals surface area (Å²) in [6, 6.07) is 10.1. The number of carbonyl (C=O) groups excluding carboxylic acids is 2. The summed E-state index contributed by atoms with van der Waals surface area (Å²) in [5.74, 6) is -0.368. The monoisotopic (exact) mass is 344 g/mol. The summed E-state index contributed by atoms with van der Waals surface area (Å²) in [6.07, 6.45) is 0. The molecular formula is C18H24N4O3. The van der Waals surface area contributed by atoms with Crippen LogP contribution in [0.2, 0.25) is 0 Å². The molecule has 7 heteroatoms. The smallest absolute Gasteiger partial charge is 0.337 e. The first-order valence-electron chi connectivity index (χ1n) is 8.63. The van der Waals surface area contributed by atoms with Gasteiger partial charge in [0.25, 0.3) is 0 Å². The molecule has 0 bridgehead atoms. The number of piperazine rings is 1. The third-order valence-electron chi connectivity index (χ3n) is 4.45. The van der Waals surface area contributed by atoms with Crippen molar-refractivity contribution in [1.82, 2.24) is 15.5 Å². The number of rotatable bonds is 5. The highest BCUT2D eigenvalue weighted by molar-refractivity contribution is 5.93. The van der Waals surface area contributed by atoms with Gasteiger partial charge in [-0.05, 0) is 19.1 Å². The Morgan fingerprint density at radius 3 is 2.56 bits per heavy atom. The second-order valence-corrected chi connectivity index (χ2v) is 6.08. The van der Waals surface area contributed by atoms with Crippen molar-refractivity contribution in [2.45, 2.75) is 6.92 Å². The van der Waals surface area contributed by atoms with Crippen LogP contribution < -0.4 is 15.5 Å². The minimum Gasteiger partial charge on any atom is -0.463 e. The Balaban J connectivity index is 1.63. The molecule has 2 N–H and O–H groups in total. The van der Waals surface area contributed by atoms with Crippen LogP contribution in [0.4, 0.5) is 10.5 Å². The second-order valence-electron chi connectivity index (χ2n) is 6.08. The van der Waals surface area contributed by atoms with E-state index in [0.29, 0.717) is 24.4 Å². The molecule has 1 aromatic rings. The molecule has 2 amide bonds. The van der Waals surface area contributed by atoms with Gasteiger partial charge in [0.1, 0.15) is 0 Å². The normalized spacial score (nSPS) is 18.6. The minimum absolute atomic E-state index is 0.212. The quantitative estimate of drug-likeness (QED) is 0.778. The molecule has 0 aliphatic carbocycles. The van der Waals surface area contributed by atoms with E-state index in [0.717, 1.165) is 26.2 Å². The molecule has 2 heterocycles. The Labute approximate surface area is 147 Å². The third-order valence-corrected chi connectivity index (χ3v) is 4.45. The number of urea groups is 1. The van der Waals surface area contributed by atoms with Gasteiger partial charge in [-0.15, -0.1) is 0 Å². The van der Waals surface area contributed by atoms with Crippen LogP contribution in [-0.2, 0) is 9.53 Å². The lowest BCUT2D eigenvalue weighted by atomic mass is 10.1. The van der Waals surface area contributed by atoms with Gasteiger partial charge in [0.2, 0.25) is 0 Å². The summed E-state index contributed by atoms with van der Waals surface area (Å²) in [5, 5.41) is 5.40. The first kappa shape index (κ1) is 17.3. The number of carbonyl (C=O) groups is 2. The lowest BCUT2D eigenvalue weighted by molar-refractivity contribution is -0.138. The fourth-order valence-corrected chi connectivity index (χ4v) is 3.11. The zero-order valence-electron chi connectivity index (χ0n) is 14.5. The summed E-state index contributed by atoms with van der Waals surface area (Å²) in [5.41, 5.74) is 2.38. The van der Waals surface area contributed by atoms with Gasteiger partial charge in [0.15, 0.2) is 0 Å². The molecular weight excluding hydrogens is 320 g/mol. The van der Waals surface area contributed by atoms with Crippen LogP contribution in [0.3, 0.4) is 0 Å². The van der Waals surface area contributed by atoms with Crippen LogP contribution in [0.15, 0.2) is 41.6 Å². The average molecular weight is 344 g/mol. The molecule has 1 saturated heterocycles. The van der Waals surface area contributed by atoms with Gasteiger partial charge in [-0.2, -0.15) is 0 Å². The molecule has 2 aliphatic rings. The van der Waals surface area contributed by atoms with Gasteiger partial charge in [0.05, 0.1) is 18.7 Å². The van der Waals surface area contributed by atoms with Crippen LogP contribution in [0.25, 0.3) is 0 Å². The molecule has 0 spiro atoms. The molecule has 1 aromatic carbocycles. The number of hydrogen-bond donors (Lipinski definition) is 2. The van der Waals surface area contributed by atoms with E-state index in [1.54, 1.807) is 6.92 Å². The fraction of sp³-hybridized carbons (Fsp3) is 0.444. The van der Waals surface area contributed by atoms with Crippen molar-refractivity contribution < 1.29 is 14.3 Å². The van der Waals surface area contributed by atoms with Gasteiger partial charge in [-0.1, -0.05) is 18.2 Å². The molecule has 7 nitrogen and oxygen atoms in total. The van der Waals surface area contributed by atoms with Crippen molar-refractivity contribution >= 4 is 17.7 Å². The summed E-state index contributed by atoms with van der Waals surface area (Å²) in [7, 11) is 0. The zero-order valence-corrected chi connectivity index (χ0v) is 14.5. The molecule has 0 saturated carbocycles. The van der Waals surface area contributed by atoms with Crippen molar-refractivity contribution in [2.24, 2.45) is 0 Å². The largest absolute Gasteiger partial charge is 0.463 e. The lowest BCUT2D eigenvalue weighted by Gasteiger charge is -2.37. The molecule has 0 atom stereocenters. The Morgan fingerprint density at radius 2 is 1.88 bits per heavy atom. The molecule has 0 radical (unpaired) electrons. The highest BCUT2D eigenvalue weighted by atomic mass is 16.5. The number of hydrogen-bond acceptors (Lipinski definition) is 5. The van der Waals surface area contributed by atoms with Gasteiger partial charge >= 0.3 is 12.0 Å². The van der Waals surface area contributed by atoms with Crippen molar-refractivity contribution in [2.75, 3.05) is 50.8 Å². The molecule has 0 aromatic heterocycles. The Kier molecular flexibility index (Phi) is 5.55. The Hall–Kier alpha value is -2.54. The van der Waals surface area contributed by atoms with Crippen molar-refractivity contribution in [3.8, 4) is 0 Å². The molecule has 134 valence electrons. The highest BCUT2D eigenvalue weighted by Gasteiger charge is 2.26. The molecule has 3 rings (SSSR count). The molecule has 25 heavy (non-hydrogen) atoms. The van der Waals surface area contributed by atoms with Gasteiger partial charge in [0, 0.05) is 44.1 Å². The summed E-state index contributed by atoms with van der Waals surface area (Å²) in [6.45, 7) is 6.43. The van der Waals surface area contributed by atoms with E-state index in [2.05, 4.69) is 32.6 Å². The maximum Gasteiger partial charge on any atom is 0.337 e. The maximum absolute atomic E-state index is 12.1. The van der Waals surface area contributed by atoms with Gasteiger partial charge in [-0.3, -0.25) is 4.90 Å².